The van der Waals surface area contributed by atoms with E-state index in [9.17, 15) is 23.2 Å². The van der Waals surface area contributed by atoms with Crippen LogP contribution in [0.1, 0.15) is 17.0 Å². The Morgan fingerprint density at radius 2 is 1.71 bits per heavy atom. The number of halogens is 2. The second-order valence-corrected chi connectivity index (χ2v) is 8.35. The van der Waals surface area contributed by atoms with Crippen LogP contribution in [0.4, 0.5) is 13.6 Å². The number of fused-ring (bicyclic) bond motifs is 3. The summed E-state index contributed by atoms with van der Waals surface area (Å²) in [5, 5.41) is 11.4. The van der Waals surface area contributed by atoms with Gasteiger partial charge in [0.1, 0.15) is 18.6 Å². The fourth-order valence-electron chi connectivity index (χ4n) is 4.55. The number of methoxy groups -OCH3 is 1. The van der Waals surface area contributed by atoms with Crippen molar-refractivity contribution in [2.75, 3.05) is 33.4 Å². The molecule has 1 aliphatic carbocycles. The molecule has 0 radical (unpaired) electrons. The van der Waals surface area contributed by atoms with Crippen LogP contribution in [0.5, 0.6) is 0 Å². The fraction of sp³-hybridized carbons (Fsp3) is 0.375. The number of carbonyl (C=O) groups is 3. The number of amides is 2. The molecule has 0 bridgehead atoms. The summed E-state index contributed by atoms with van der Waals surface area (Å²) in [6.45, 7) is -1.98. The molecule has 2 N–H and O–H groups in total. The number of alkyl carbamates (subject to hydrolysis) is 1. The molecule has 10 heteroatoms. The Balaban J connectivity index is 1.41. The molecule has 2 aromatic rings. The first-order valence-electron chi connectivity index (χ1n) is 10.7. The summed E-state index contributed by atoms with van der Waals surface area (Å²) in [6.07, 6.45) is -0.905. The second-order valence-electron chi connectivity index (χ2n) is 8.35. The van der Waals surface area contributed by atoms with Crippen molar-refractivity contribution in [2.24, 2.45) is 5.92 Å². The molecule has 1 heterocycles. The average Bonchev–Trinajstić information content (AvgIpc) is 3.31. The summed E-state index contributed by atoms with van der Waals surface area (Å²) in [5.74, 6) is -8.31. The summed E-state index contributed by atoms with van der Waals surface area (Å²) in [7, 11) is 1.29. The molecular formula is C24H24F2N2O6. The van der Waals surface area contributed by atoms with Gasteiger partial charge in [0, 0.05) is 19.6 Å². The molecule has 34 heavy (non-hydrogen) atoms. The Bertz CT molecular complexity index is 1060. The van der Waals surface area contributed by atoms with Gasteiger partial charge in [0.25, 0.3) is 5.92 Å². The lowest BCUT2D eigenvalue weighted by atomic mass is 9.98. The molecule has 1 unspecified atom stereocenters. The minimum Gasteiger partial charge on any atom is -0.481 e. The van der Waals surface area contributed by atoms with Crippen LogP contribution in [0, 0.1) is 5.92 Å². The lowest BCUT2D eigenvalue weighted by Gasteiger charge is -2.23. The zero-order valence-corrected chi connectivity index (χ0v) is 18.4. The molecule has 180 valence electrons. The topological polar surface area (TPSA) is 105 Å². The highest BCUT2D eigenvalue weighted by Gasteiger charge is 2.54. The molecule has 2 atom stereocenters. The number of ether oxygens (including phenoxy) is 2. The third-order valence-electron chi connectivity index (χ3n) is 6.19. The normalized spacial score (nSPS) is 19.3. The Morgan fingerprint density at radius 1 is 1.12 bits per heavy atom. The van der Waals surface area contributed by atoms with E-state index in [4.69, 9.17) is 14.6 Å². The standard InChI is InChI=1S/C24H24F2N2O6/c1-33-12-20(21(29)28-10-19(22(30)31)24(25,26)13-28)27-23(32)34-11-18-16-8-4-2-6-14(16)15-7-3-5-9-17(15)18/h2-9,18-20H,10-13H2,1H3,(H,27,32)(H,30,31)/t19?,20-/m0/s1. The van der Waals surface area contributed by atoms with Crippen molar-refractivity contribution in [2.45, 2.75) is 17.9 Å². The molecule has 0 aromatic heterocycles. The van der Waals surface area contributed by atoms with Crippen LogP contribution in [0.15, 0.2) is 48.5 Å². The van der Waals surface area contributed by atoms with Crippen molar-refractivity contribution < 1.29 is 37.7 Å². The molecule has 2 aliphatic rings. The molecule has 1 saturated heterocycles. The maximum absolute atomic E-state index is 14.0. The molecule has 1 fully saturated rings. The van der Waals surface area contributed by atoms with E-state index >= 15 is 0 Å². The molecule has 2 amide bonds. The maximum atomic E-state index is 14.0. The fourth-order valence-corrected chi connectivity index (χ4v) is 4.55. The minimum atomic E-state index is -3.57. The first kappa shape index (κ1) is 23.6. The van der Waals surface area contributed by atoms with Gasteiger partial charge in [-0.3, -0.25) is 9.59 Å². The maximum Gasteiger partial charge on any atom is 0.407 e. The van der Waals surface area contributed by atoms with Gasteiger partial charge in [-0.1, -0.05) is 48.5 Å². The van der Waals surface area contributed by atoms with Gasteiger partial charge in [0.15, 0.2) is 0 Å². The minimum absolute atomic E-state index is 0.0105. The number of nitrogens with one attached hydrogen (secondary N) is 1. The van der Waals surface area contributed by atoms with E-state index in [1.807, 2.05) is 48.5 Å². The number of aliphatic carboxylic acids is 1. The van der Waals surface area contributed by atoms with Crippen LogP contribution in [0.3, 0.4) is 0 Å². The predicted octanol–water partition coefficient (Wildman–Crippen LogP) is 2.72. The quantitative estimate of drug-likeness (QED) is 0.640. The molecule has 1 aliphatic heterocycles. The molecule has 0 saturated carbocycles. The van der Waals surface area contributed by atoms with Crippen LogP contribution in [0.25, 0.3) is 11.1 Å². The van der Waals surface area contributed by atoms with Gasteiger partial charge >= 0.3 is 12.1 Å². The second kappa shape index (κ2) is 9.38. The lowest BCUT2D eigenvalue weighted by Crippen LogP contribution is -2.51. The zero-order chi connectivity index (χ0) is 24.5. The molecule has 0 spiro atoms. The number of nitrogens with zero attached hydrogens (tertiary/aromatic N) is 1. The van der Waals surface area contributed by atoms with Gasteiger partial charge < -0.3 is 24.8 Å². The lowest BCUT2D eigenvalue weighted by molar-refractivity contribution is -0.151. The van der Waals surface area contributed by atoms with E-state index < -0.39 is 48.9 Å². The smallest absolute Gasteiger partial charge is 0.407 e. The van der Waals surface area contributed by atoms with Gasteiger partial charge in [0.2, 0.25) is 5.91 Å². The van der Waals surface area contributed by atoms with E-state index in [1.165, 1.54) is 7.11 Å². The number of likely N-dealkylation sites (tertiary alicyclic amines) is 1. The largest absolute Gasteiger partial charge is 0.481 e. The summed E-state index contributed by atoms with van der Waals surface area (Å²) < 4.78 is 38.4. The monoisotopic (exact) mass is 474 g/mol. The first-order chi connectivity index (χ1) is 16.2. The van der Waals surface area contributed by atoms with Crippen LogP contribution in [0.2, 0.25) is 0 Å². The van der Waals surface area contributed by atoms with Gasteiger partial charge in [-0.2, -0.15) is 0 Å². The predicted molar refractivity (Wildman–Crippen MR) is 117 cm³/mol. The first-order valence-corrected chi connectivity index (χ1v) is 10.7. The average molecular weight is 474 g/mol. The molecular weight excluding hydrogens is 450 g/mol. The summed E-state index contributed by atoms with van der Waals surface area (Å²) in [6, 6.07) is 14.3. The van der Waals surface area contributed by atoms with Gasteiger partial charge in [-0.25, -0.2) is 13.6 Å². The highest BCUT2D eigenvalue weighted by molar-refractivity contribution is 5.87. The zero-order valence-electron chi connectivity index (χ0n) is 18.4. The van der Waals surface area contributed by atoms with Crippen LogP contribution in [-0.4, -0.2) is 73.4 Å². The summed E-state index contributed by atoms with van der Waals surface area (Å²) >= 11 is 0. The van der Waals surface area contributed by atoms with Crippen molar-refractivity contribution in [3.8, 4) is 11.1 Å². The van der Waals surface area contributed by atoms with E-state index in [-0.39, 0.29) is 19.1 Å². The molecule has 8 nitrogen and oxygen atoms in total. The molecule has 4 rings (SSSR count). The number of hydrogen-bond donors (Lipinski definition) is 2. The summed E-state index contributed by atoms with van der Waals surface area (Å²) in [5.41, 5.74) is 4.14. The molecule has 2 aromatic carbocycles. The van der Waals surface area contributed by atoms with Gasteiger partial charge in [-0.05, 0) is 22.3 Å². The Kier molecular flexibility index (Phi) is 6.52. The number of carbonyl (C=O) groups excluding carboxylic acids is 2. The number of benzene rings is 2. The number of alkyl halides is 2. The van der Waals surface area contributed by atoms with Crippen LogP contribution < -0.4 is 5.32 Å². The SMILES string of the molecule is COC[C@H](NC(=O)OCC1c2ccccc2-c2ccccc21)C(=O)N1CC(C(=O)O)C(F)(F)C1. The Hall–Kier alpha value is -3.53. The summed E-state index contributed by atoms with van der Waals surface area (Å²) in [4.78, 5) is 37.1. The van der Waals surface area contributed by atoms with Crippen molar-refractivity contribution in [3.63, 3.8) is 0 Å². The van der Waals surface area contributed by atoms with Crippen molar-refractivity contribution >= 4 is 18.0 Å². The van der Waals surface area contributed by atoms with E-state index in [0.717, 1.165) is 27.2 Å². The van der Waals surface area contributed by atoms with E-state index in [1.54, 1.807) is 0 Å². The van der Waals surface area contributed by atoms with Crippen molar-refractivity contribution in [1.82, 2.24) is 10.2 Å². The van der Waals surface area contributed by atoms with Crippen LogP contribution >= 0.6 is 0 Å². The van der Waals surface area contributed by atoms with Crippen molar-refractivity contribution in [3.05, 3.63) is 59.7 Å². The third kappa shape index (κ3) is 4.45. The van der Waals surface area contributed by atoms with Crippen molar-refractivity contribution in [1.29, 1.82) is 0 Å². The van der Waals surface area contributed by atoms with Crippen LogP contribution in [-0.2, 0) is 19.1 Å². The highest BCUT2D eigenvalue weighted by Crippen LogP contribution is 2.44. The number of carboxylic acid groups (broad SMARTS) is 1. The van der Waals surface area contributed by atoms with Gasteiger partial charge in [-0.15, -0.1) is 0 Å². The van der Waals surface area contributed by atoms with E-state index in [2.05, 4.69) is 5.32 Å². The Morgan fingerprint density at radius 3 is 2.24 bits per heavy atom. The number of rotatable bonds is 7. The van der Waals surface area contributed by atoms with Gasteiger partial charge in [0.05, 0.1) is 13.2 Å². The number of hydrogen-bond acceptors (Lipinski definition) is 5. The number of carboxylic acids is 1. The Labute approximate surface area is 194 Å². The third-order valence-corrected chi connectivity index (χ3v) is 6.19. The van der Waals surface area contributed by atoms with E-state index in [0.29, 0.717) is 0 Å². The highest BCUT2D eigenvalue weighted by atomic mass is 19.3.